The summed E-state index contributed by atoms with van der Waals surface area (Å²) < 4.78 is 0. The molecule has 2 rings (SSSR count). The van der Waals surface area contributed by atoms with E-state index in [9.17, 15) is 0 Å². The molecule has 1 aromatic heterocycles. The molecule has 0 aliphatic heterocycles. The zero-order valence-electron chi connectivity index (χ0n) is 11.2. The predicted octanol–water partition coefficient (Wildman–Crippen LogP) is 2.64. The van der Waals surface area contributed by atoms with Crippen LogP contribution in [0.1, 0.15) is 29.7 Å². The largest absolute Gasteiger partial charge is 0.385 e. The average Bonchev–Trinajstić information content (AvgIpc) is 2.76. The van der Waals surface area contributed by atoms with Crippen molar-refractivity contribution in [2.75, 3.05) is 11.9 Å². The third kappa shape index (κ3) is 3.32. The van der Waals surface area contributed by atoms with Crippen LogP contribution in [-0.2, 0) is 12.8 Å². The number of nitrogens with zero attached hydrogens (tertiary/aromatic N) is 2. The van der Waals surface area contributed by atoms with E-state index in [4.69, 9.17) is 0 Å². The normalized spacial score (nSPS) is 10.6. The van der Waals surface area contributed by atoms with Crippen LogP contribution < -0.4 is 5.32 Å². The summed E-state index contributed by atoms with van der Waals surface area (Å²) in [6.07, 6.45) is 1.74. The van der Waals surface area contributed by atoms with Crippen molar-refractivity contribution in [3.05, 3.63) is 41.0 Å². The second-order valence-electron chi connectivity index (χ2n) is 4.61. The Balaban J connectivity index is 1.88. The highest BCUT2D eigenvalue weighted by atomic mass is 15.2. The first kappa shape index (κ1) is 12.6. The van der Waals surface area contributed by atoms with Crippen LogP contribution in [0, 0.1) is 13.8 Å². The number of hydrogen-bond donors (Lipinski definition) is 2. The Bertz CT molecular complexity index is 496. The minimum Gasteiger partial charge on any atom is -0.385 e. The third-order valence-corrected chi connectivity index (χ3v) is 2.81. The van der Waals surface area contributed by atoms with Gasteiger partial charge in [-0.1, -0.05) is 13.0 Å². The molecule has 0 fully saturated rings. The average molecular weight is 244 g/mol. The maximum absolute atomic E-state index is 4.39. The van der Waals surface area contributed by atoms with Gasteiger partial charge in [0.05, 0.1) is 0 Å². The van der Waals surface area contributed by atoms with Gasteiger partial charge in [-0.2, -0.15) is 5.10 Å². The smallest absolute Gasteiger partial charge is 0.150 e. The van der Waals surface area contributed by atoms with Crippen LogP contribution >= 0.6 is 0 Å². The van der Waals surface area contributed by atoms with E-state index in [0.29, 0.717) is 0 Å². The summed E-state index contributed by atoms with van der Waals surface area (Å²) in [5.74, 6) is 1.83. The van der Waals surface area contributed by atoms with Crippen LogP contribution in [-0.4, -0.2) is 21.7 Å². The Hall–Kier alpha value is -1.84. The molecule has 0 aliphatic rings. The molecule has 0 aliphatic carbocycles. The summed E-state index contributed by atoms with van der Waals surface area (Å²) in [5, 5.41) is 10.5. The van der Waals surface area contributed by atoms with Crippen LogP contribution in [0.4, 0.5) is 5.69 Å². The van der Waals surface area contributed by atoms with Crippen molar-refractivity contribution in [3.8, 4) is 0 Å². The summed E-state index contributed by atoms with van der Waals surface area (Å²) in [7, 11) is 0. The highest BCUT2D eigenvalue weighted by Gasteiger charge is 2.01. The molecule has 0 saturated heterocycles. The van der Waals surface area contributed by atoms with Gasteiger partial charge in [0.2, 0.25) is 0 Å². The van der Waals surface area contributed by atoms with Gasteiger partial charge in [0, 0.05) is 25.1 Å². The van der Waals surface area contributed by atoms with Gasteiger partial charge in [-0.05, 0) is 37.1 Å². The number of benzene rings is 1. The molecule has 0 bridgehead atoms. The zero-order valence-corrected chi connectivity index (χ0v) is 11.2. The number of hydrogen-bond acceptors (Lipinski definition) is 3. The van der Waals surface area contributed by atoms with E-state index in [1.54, 1.807) is 0 Å². The van der Waals surface area contributed by atoms with Gasteiger partial charge in [0.25, 0.3) is 0 Å². The molecule has 0 radical (unpaired) electrons. The number of H-pyrrole nitrogens is 1. The lowest BCUT2D eigenvalue weighted by Crippen LogP contribution is -2.06. The molecule has 18 heavy (non-hydrogen) atoms. The molecule has 96 valence electrons. The van der Waals surface area contributed by atoms with Crippen LogP contribution in [0.2, 0.25) is 0 Å². The van der Waals surface area contributed by atoms with Crippen molar-refractivity contribution in [3.63, 3.8) is 0 Å². The van der Waals surface area contributed by atoms with Crippen molar-refractivity contribution in [1.29, 1.82) is 0 Å². The lowest BCUT2D eigenvalue weighted by Gasteiger charge is -2.07. The summed E-state index contributed by atoms with van der Waals surface area (Å²) >= 11 is 0. The van der Waals surface area contributed by atoms with E-state index in [2.05, 4.69) is 59.5 Å². The van der Waals surface area contributed by atoms with Gasteiger partial charge in [0.15, 0.2) is 0 Å². The zero-order chi connectivity index (χ0) is 13.0. The summed E-state index contributed by atoms with van der Waals surface area (Å²) in [6, 6.07) is 6.49. The topological polar surface area (TPSA) is 53.6 Å². The number of nitrogens with one attached hydrogen (secondary N) is 2. The lowest BCUT2D eigenvalue weighted by molar-refractivity contribution is 0.901. The molecule has 4 nitrogen and oxygen atoms in total. The fourth-order valence-electron chi connectivity index (χ4n) is 2.01. The molecule has 0 amide bonds. The summed E-state index contributed by atoms with van der Waals surface area (Å²) in [6.45, 7) is 7.15. The fraction of sp³-hybridized carbons (Fsp3) is 0.429. The van der Waals surface area contributed by atoms with Gasteiger partial charge in [-0.3, -0.25) is 5.10 Å². The Kier molecular flexibility index (Phi) is 3.97. The lowest BCUT2D eigenvalue weighted by atomic mass is 10.1. The molecular weight excluding hydrogens is 224 g/mol. The van der Waals surface area contributed by atoms with E-state index in [1.807, 2.05) is 0 Å². The second kappa shape index (κ2) is 5.67. The van der Waals surface area contributed by atoms with Crippen LogP contribution in [0.3, 0.4) is 0 Å². The van der Waals surface area contributed by atoms with E-state index in [-0.39, 0.29) is 0 Å². The van der Waals surface area contributed by atoms with E-state index < -0.39 is 0 Å². The molecule has 0 unspecified atom stereocenters. The maximum atomic E-state index is 4.39. The molecule has 0 saturated carbocycles. The first-order chi connectivity index (χ1) is 8.67. The van der Waals surface area contributed by atoms with Crippen molar-refractivity contribution in [2.24, 2.45) is 0 Å². The van der Waals surface area contributed by atoms with Gasteiger partial charge in [0.1, 0.15) is 11.6 Å². The van der Waals surface area contributed by atoms with Crippen molar-refractivity contribution >= 4 is 5.69 Å². The summed E-state index contributed by atoms with van der Waals surface area (Å²) in [4.78, 5) is 4.39. The van der Waals surface area contributed by atoms with Gasteiger partial charge < -0.3 is 5.32 Å². The first-order valence-electron chi connectivity index (χ1n) is 6.39. The molecular formula is C14H20N4. The van der Waals surface area contributed by atoms with Gasteiger partial charge in [-0.25, -0.2) is 4.98 Å². The number of aromatic nitrogens is 3. The Morgan fingerprint density at radius 2 is 1.89 bits per heavy atom. The first-order valence-corrected chi connectivity index (χ1v) is 6.39. The van der Waals surface area contributed by atoms with Crippen molar-refractivity contribution in [2.45, 2.75) is 33.6 Å². The van der Waals surface area contributed by atoms with Gasteiger partial charge in [-0.15, -0.1) is 0 Å². The van der Waals surface area contributed by atoms with Crippen molar-refractivity contribution in [1.82, 2.24) is 15.2 Å². The van der Waals surface area contributed by atoms with E-state index in [1.165, 1.54) is 16.8 Å². The molecule has 0 atom stereocenters. The molecule has 2 N–H and O–H groups in total. The number of anilines is 1. The molecule has 4 heteroatoms. The Morgan fingerprint density at radius 1 is 1.17 bits per heavy atom. The predicted molar refractivity (Wildman–Crippen MR) is 73.9 cm³/mol. The van der Waals surface area contributed by atoms with E-state index in [0.717, 1.165) is 31.0 Å². The third-order valence-electron chi connectivity index (χ3n) is 2.81. The molecule has 2 aromatic rings. The number of rotatable bonds is 5. The number of aromatic amines is 1. The van der Waals surface area contributed by atoms with Crippen molar-refractivity contribution < 1.29 is 0 Å². The summed E-state index contributed by atoms with van der Waals surface area (Å²) in [5.41, 5.74) is 3.73. The van der Waals surface area contributed by atoms with E-state index >= 15 is 0 Å². The maximum Gasteiger partial charge on any atom is 0.150 e. The second-order valence-corrected chi connectivity index (χ2v) is 4.61. The molecule has 0 spiro atoms. The number of aryl methyl sites for hydroxylation is 3. The minimum atomic E-state index is 0.861. The van der Waals surface area contributed by atoms with Gasteiger partial charge >= 0.3 is 0 Å². The minimum absolute atomic E-state index is 0.861. The fourth-order valence-corrected chi connectivity index (χ4v) is 2.01. The molecule has 1 aromatic carbocycles. The van der Waals surface area contributed by atoms with Crippen LogP contribution in [0.25, 0.3) is 0 Å². The highest BCUT2D eigenvalue weighted by Crippen LogP contribution is 2.13. The Labute approximate surface area is 108 Å². The van der Waals surface area contributed by atoms with Crippen LogP contribution in [0.5, 0.6) is 0 Å². The quantitative estimate of drug-likeness (QED) is 0.850. The highest BCUT2D eigenvalue weighted by molar-refractivity contribution is 5.48. The Morgan fingerprint density at radius 3 is 2.50 bits per heavy atom. The van der Waals surface area contributed by atoms with Crippen LogP contribution in [0.15, 0.2) is 18.2 Å². The monoisotopic (exact) mass is 244 g/mol. The SMILES string of the molecule is CCc1n[nH]c(CCNc2cc(C)cc(C)c2)n1. The molecule has 1 heterocycles. The standard InChI is InChI=1S/C14H20N4/c1-4-13-16-14(18-17-13)5-6-15-12-8-10(2)7-11(3)9-12/h7-9,15H,4-6H2,1-3H3,(H,16,17,18).